The van der Waals surface area contributed by atoms with Crippen LogP contribution in [0.5, 0.6) is 5.75 Å². The second-order valence-corrected chi connectivity index (χ2v) is 7.25. The summed E-state index contributed by atoms with van der Waals surface area (Å²) in [6, 6.07) is 18.2. The zero-order valence-electron chi connectivity index (χ0n) is 18.2. The lowest BCUT2D eigenvalue weighted by Crippen LogP contribution is -2.38. The van der Waals surface area contributed by atoms with Crippen molar-refractivity contribution in [2.24, 2.45) is 4.99 Å². The Hall–Kier alpha value is -1.84. The van der Waals surface area contributed by atoms with Gasteiger partial charge in [-0.1, -0.05) is 42.5 Å². The molecule has 0 aromatic heterocycles. The van der Waals surface area contributed by atoms with E-state index in [1.165, 1.54) is 0 Å². The van der Waals surface area contributed by atoms with Crippen molar-refractivity contribution in [2.75, 3.05) is 32.9 Å². The van der Waals surface area contributed by atoms with Crippen LogP contribution in [-0.2, 0) is 22.6 Å². The summed E-state index contributed by atoms with van der Waals surface area (Å²) in [5, 5.41) is 6.68. The Balaban J connectivity index is 0.00000341. The van der Waals surface area contributed by atoms with Crippen molar-refractivity contribution in [3.63, 3.8) is 0 Å². The van der Waals surface area contributed by atoms with Crippen molar-refractivity contribution in [2.45, 2.75) is 39.0 Å². The number of halogens is 1. The average Bonchev–Trinajstić information content (AvgIpc) is 3.30. The molecule has 1 unspecified atom stereocenters. The quantitative estimate of drug-likeness (QED) is 0.195. The van der Waals surface area contributed by atoms with Gasteiger partial charge < -0.3 is 24.8 Å². The van der Waals surface area contributed by atoms with Crippen LogP contribution in [0.2, 0.25) is 0 Å². The number of rotatable bonds is 11. The summed E-state index contributed by atoms with van der Waals surface area (Å²) in [7, 11) is 0. The molecule has 0 bridgehead atoms. The summed E-state index contributed by atoms with van der Waals surface area (Å²) in [5.41, 5.74) is 2.29. The lowest BCUT2D eigenvalue weighted by molar-refractivity contribution is 0.0420. The molecule has 0 radical (unpaired) electrons. The summed E-state index contributed by atoms with van der Waals surface area (Å²) >= 11 is 0. The Morgan fingerprint density at radius 2 is 1.94 bits per heavy atom. The number of benzene rings is 2. The number of hydrogen-bond acceptors (Lipinski definition) is 4. The number of aliphatic imine (C=N–C) groups is 1. The maximum Gasteiger partial charge on any atom is 0.191 e. The first-order valence-electron chi connectivity index (χ1n) is 10.8. The monoisotopic (exact) mass is 539 g/mol. The van der Waals surface area contributed by atoms with Crippen LogP contribution in [0, 0.1) is 0 Å². The van der Waals surface area contributed by atoms with Crippen molar-refractivity contribution in [3.8, 4) is 5.75 Å². The molecule has 1 saturated heterocycles. The molecule has 2 aromatic rings. The fraction of sp³-hybridized carbons (Fsp3) is 0.458. The SMILES string of the molecule is CCNC(=NCc1cccc(COc2ccccc2)c1)NCCCOC1CCOC1.I. The molecule has 1 aliphatic rings. The van der Waals surface area contributed by atoms with Crippen molar-refractivity contribution in [1.29, 1.82) is 0 Å². The fourth-order valence-electron chi connectivity index (χ4n) is 3.19. The molecule has 1 atom stereocenters. The van der Waals surface area contributed by atoms with Crippen LogP contribution in [0.3, 0.4) is 0 Å². The van der Waals surface area contributed by atoms with E-state index in [4.69, 9.17) is 19.2 Å². The zero-order valence-corrected chi connectivity index (χ0v) is 20.5. The molecule has 31 heavy (non-hydrogen) atoms. The van der Waals surface area contributed by atoms with Crippen LogP contribution in [-0.4, -0.2) is 45.0 Å². The van der Waals surface area contributed by atoms with E-state index in [0.29, 0.717) is 13.2 Å². The van der Waals surface area contributed by atoms with Gasteiger partial charge in [0.25, 0.3) is 0 Å². The molecule has 1 fully saturated rings. The summed E-state index contributed by atoms with van der Waals surface area (Å²) in [4.78, 5) is 4.71. The highest BCUT2D eigenvalue weighted by molar-refractivity contribution is 14.0. The predicted molar refractivity (Wildman–Crippen MR) is 135 cm³/mol. The molecular weight excluding hydrogens is 505 g/mol. The largest absolute Gasteiger partial charge is 0.489 e. The van der Waals surface area contributed by atoms with Crippen LogP contribution < -0.4 is 15.4 Å². The Kier molecular flexibility index (Phi) is 12.3. The molecule has 0 amide bonds. The first-order valence-corrected chi connectivity index (χ1v) is 10.8. The summed E-state index contributed by atoms with van der Waals surface area (Å²) in [6.07, 6.45) is 2.21. The van der Waals surface area contributed by atoms with Crippen molar-refractivity contribution in [3.05, 3.63) is 65.7 Å². The van der Waals surface area contributed by atoms with Crippen LogP contribution in [0.4, 0.5) is 0 Å². The minimum absolute atomic E-state index is 0. The van der Waals surface area contributed by atoms with Gasteiger partial charge in [-0.05, 0) is 43.0 Å². The highest BCUT2D eigenvalue weighted by Gasteiger charge is 2.15. The summed E-state index contributed by atoms with van der Waals surface area (Å²) in [6.45, 7) is 7.17. The average molecular weight is 539 g/mol. The van der Waals surface area contributed by atoms with Gasteiger partial charge in [-0.25, -0.2) is 4.99 Å². The molecule has 2 aromatic carbocycles. The van der Waals surface area contributed by atoms with E-state index < -0.39 is 0 Å². The molecule has 3 rings (SSSR count). The minimum Gasteiger partial charge on any atom is -0.489 e. The van der Waals surface area contributed by atoms with Crippen LogP contribution in [0.15, 0.2) is 59.6 Å². The minimum atomic E-state index is 0. The van der Waals surface area contributed by atoms with Gasteiger partial charge >= 0.3 is 0 Å². The van der Waals surface area contributed by atoms with Gasteiger partial charge in [0.2, 0.25) is 0 Å². The van der Waals surface area contributed by atoms with Gasteiger partial charge in [0.15, 0.2) is 5.96 Å². The first kappa shape index (κ1) is 25.4. The Morgan fingerprint density at radius 3 is 2.71 bits per heavy atom. The van der Waals surface area contributed by atoms with Gasteiger partial charge in [-0.15, -0.1) is 24.0 Å². The maximum absolute atomic E-state index is 5.84. The predicted octanol–water partition coefficient (Wildman–Crippen LogP) is 4.13. The summed E-state index contributed by atoms with van der Waals surface area (Å²) in [5.74, 6) is 1.71. The third-order valence-electron chi connectivity index (χ3n) is 4.76. The summed E-state index contributed by atoms with van der Waals surface area (Å²) < 4.78 is 17.0. The second-order valence-electron chi connectivity index (χ2n) is 7.25. The van der Waals surface area contributed by atoms with Gasteiger partial charge in [0.05, 0.1) is 19.3 Å². The number of hydrogen-bond donors (Lipinski definition) is 2. The molecule has 1 aliphatic heterocycles. The van der Waals surface area contributed by atoms with Crippen molar-refractivity contribution < 1.29 is 14.2 Å². The van der Waals surface area contributed by atoms with Crippen LogP contribution >= 0.6 is 24.0 Å². The smallest absolute Gasteiger partial charge is 0.191 e. The zero-order chi connectivity index (χ0) is 20.9. The molecule has 1 heterocycles. The normalized spacial score (nSPS) is 15.9. The van der Waals surface area contributed by atoms with Crippen LogP contribution in [0.25, 0.3) is 0 Å². The Morgan fingerprint density at radius 1 is 1.10 bits per heavy atom. The van der Waals surface area contributed by atoms with Gasteiger partial charge in [-0.3, -0.25) is 0 Å². The Bertz CT molecular complexity index is 768. The first-order chi connectivity index (χ1) is 14.8. The van der Waals surface area contributed by atoms with E-state index in [1.807, 2.05) is 30.3 Å². The lowest BCUT2D eigenvalue weighted by Gasteiger charge is -2.13. The molecule has 6 nitrogen and oxygen atoms in total. The number of nitrogens with one attached hydrogen (secondary N) is 2. The molecule has 0 spiro atoms. The molecular formula is C24H34IN3O3. The Labute approximate surface area is 202 Å². The van der Waals surface area contributed by atoms with Crippen molar-refractivity contribution in [1.82, 2.24) is 10.6 Å². The number of para-hydroxylation sites is 1. The van der Waals surface area contributed by atoms with Gasteiger partial charge in [-0.2, -0.15) is 0 Å². The maximum atomic E-state index is 5.84. The van der Waals surface area contributed by atoms with E-state index in [9.17, 15) is 0 Å². The third kappa shape index (κ3) is 9.88. The van der Waals surface area contributed by atoms with E-state index in [-0.39, 0.29) is 30.1 Å². The van der Waals surface area contributed by atoms with Gasteiger partial charge in [0, 0.05) is 26.3 Å². The molecule has 2 N–H and O–H groups in total. The second kappa shape index (κ2) is 15.0. The molecule has 0 saturated carbocycles. The highest BCUT2D eigenvalue weighted by Crippen LogP contribution is 2.13. The fourth-order valence-corrected chi connectivity index (χ4v) is 3.19. The van der Waals surface area contributed by atoms with Gasteiger partial charge in [0.1, 0.15) is 12.4 Å². The van der Waals surface area contributed by atoms with Crippen molar-refractivity contribution >= 4 is 29.9 Å². The van der Waals surface area contributed by atoms with E-state index in [1.54, 1.807) is 0 Å². The number of nitrogens with zero attached hydrogens (tertiary/aromatic N) is 1. The van der Waals surface area contributed by atoms with E-state index in [0.717, 1.165) is 68.6 Å². The standard InChI is InChI=1S/C24H33N3O3.HI/c1-2-25-24(26-13-7-14-29-23-12-15-28-19-23)27-17-20-8-6-9-21(16-20)18-30-22-10-4-3-5-11-22;/h3-6,8-11,16,23H,2,7,12-15,17-19H2,1H3,(H2,25,26,27);1H. The topological polar surface area (TPSA) is 64.1 Å². The molecule has 0 aliphatic carbocycles. The number of ether oxygens (including phenoxy) is 3. The van der Waals surface area contributed by atoms with E-state index >= 15 is 0 Å². The highest BCUT2D eigenvalue weighted by atomic mass is 127. The van der Waals surface area contributed by atoms with Crippen LogP contribution in [0.1, 0.15) is 30.9 Å². The lowest BCUT2D eigenvalue weighted by atomic mass is 10.1. The van der Waals surface area contributed by atoms with E-state index in [2.05, 4.69) is 41.8 Å². The third-order valence-corrected chi connectivity index (χ3v) is 4.76. The molecule has 7 heteroatoms. The molecule has 170 valence electrons. The number of guanidine groups is 1.